The van der Waals surface area contributed by atoms with Crippen molar-refractivity contribution in [2.24, 2.45) is 0 Å². The Morgan fingerprint density at radius 1 is 1.33 bits per heavy atom. The quantitative estimate of drug-likeness (QED) is 0.745. The van der Waals surface area contributed by atoms with Crippen LogP contribution in [0.4, 0.5) is 0 Å². The van der Waals surface area contributed by atoms with E-state index >= 15 is 0 Å². The minimum absolute atomic E-state index is 0.113. The van der Waals surface area contributed by atoms with Crippen molar-refractivity contribution in [2.45, 2.75) is 43.7 Å². The SMILES string of the molecule is CCCNCc1ccc(S(=O)(=O)N2CCCC2CO)cc1. The molecule has 1 aromatic carbocycles. The van der Waals surface area contributed by atoms with Crippen molar-refractivity contribution in [1.82, 2.24) is 9.62 Å². The molecule has 1 aliphatic rings. The zero-order valence-corrected chi connectivity index (χ0v) is 13.3. The van der Waals surface area contributed by atoms with Crippen LogP contribution in [-0.2, 0) is 16.6 Å². The summed E-state index contributed by atoms with van der Waals surface area (Å²) in [6.07, 6.45) is 2.61. The van der Waals surface area contributed by atoms with Gasteiger partial charge in [0.05, 0.1) is 11.5 Å². The molecule has 2 rings (SSSR count). The van der Waals surface area contributed by atoms with Gasteiger partial charge in [-0.25, -0.2) is 8.42 Å². The van der Waals surface area contributed by atoms with Crippen LogP contribution in [-0.4, -0.2) is 43.6 Å². The Labute approximate surface area is 127 Å². The number of benzene rings is 1. The van der Waals surface area contributed by atoms with E-state index in [9.17, 15) is 13.5 Å². The Hall–Kier alpha value is -0.950. The molecule has 21 heavy (non-hydrogen) atoms. The number of sulfonamides is 1. The lowest BCUT2D eigenvalue weighted by atomic mass is 10.2. The number of rotatable bonds is 7. The van der Waals surface area contributed by atoms with Crippen LogP contribution in [0, 0.1) is 0 Å². The highest BCUT2D eigenvalue weighted by Gasteiger charge is 2.34. The molecule has 0 aliphatic carbocycles. The van der Waals surface area contributed by atoms with Crippen molar-refractivity contribution in [1.29, 1.82) is 0 Å². The molecular formula is C15H24N2O3S. The summed E-state index contributed by atoms with van der Waals surface area (Å²) in [5.74, 6) is 0. The lowest BCUT2D eigenvalue weighted by molar-refractivity contribution is 0.213. The van der Waals surface area contributed by atoms with Crippen LogP contribution in [0.25, 0.3) is 0 Å². The molecule has 0 amide bonds. The molecule has 1 heterocycles. The fourth-order valence-corrected chi connectivity index (χ4v) is 4.32. The Morgan fingerprint density at radius 2 is 2.05 bits per heavy atom. The second kappa shape index (κ2) is 7.35. The molecule has 1 saturated heterocycles. The third-order valence-electron chi connectivity index (χ3n) is 3.82. The van der Waals surface area contributed by atoms with Gasteiger partial charge in [0.25, 0.3) is 0 Å². The minimum Gasteiger partial charge on any atom is -0.395 e. The molecule has 2 N–H and O–H groups in total. The predicted molar refractivity (Wildman–Crippen MR) is 82.4 cm³/mol. The average molecular weight is 312 g/mol. The molecule has 1 aromatic rings. The van der Waals surface area contributed by atoms with Crippen molar-refractivity contribution in [2.75, 3.05) is 19.7 Å². The number of aliphatic hydroxyl groups is 1. The van der Waals surface area contributed by atoms with Gasteiger partial charge in [-0.1, -0.05) is 19.1 Å². The van der Waals surface area contributed by atoms with Gasteiger partial charge in [0.2, 0.25) is 10.0 Å². The van der Waals surface area contributed by atoms with Crippen LogP contribution in [0.3, 0.4) is 0 Å². The van der Waals surface area contributed by atoms with Crippen LogP contribution in [0.1, 0.15) is 31.7 Å². The Morgan fingerprint density at radius 3 is 2.67 bits per heavy atom. The number of nitrogens with zero attached hydrogens (tertiary/aromatic N) is 1. The molecule has 0 spiro atoms. The zero-order valence-electron chi connectivity index (χ0n) is 12.5. The second-order valence-corrected chi connectivity index (χ2v) is 7.31. The average Bonchev–Trinajstić information content (AvgIpc) is 2.97. The topological polar surface area (TPSA) is 69.6 Å². The Balaban J connectivity index is 2.10. The number of hydrogen-bond donors (Lipinski definition) is 2. The fraction of sp³-hybridized carbons (Fsp3) is 0.600. The van der Waals surface area contributed by atoms with Gasteiger partial charge >= 0.3 is 0 Å². The number of hydrogen-bond acceptors (Lipinski definition) is 4. The molecule has 6 heteroatoms. The fourth-order valence-electron chi connectivity index (χ4n) is 2.63. The third kappa shape index (κ3) is 3.83. The van der Waals surface area contributed by atoms with Gasteiger partial charge in [0.1, 0.15) is 0 Å². The predicted octanol–water partition coefficient (Wildman–Crippen LogP) is 1.33. The van der Waals surface area contributed by atoms with E-state index in [0.29, 0.717) is 11.4 Å². The first-order valence-corrected chi connectivity index (χ1v) is 8.96. The second-order valence-electron chi connectivity index (χ2n) is 5.42. The summed E-state index contributed by atoms with van der Waals surface area (Å²) in [5.41, 5.74) is 1.07. The summed E-state index contributed by atoms with van der Waals surface area (Å²) < 4.78 is 26.6. The van der Waals surface area contributed by atoms with E-state index in [1.54, 1.807) is 12.1 Å². The first-order chi connectivity index (χ1) is 10.1. The highest BCUT2D eigenvalue weighted by Crippen LogP contribution is 2.25. The van der Waals surface area contributed by atoms with Gasteiger partial charge in [0.15, 0.2) is 0 Å². The van der Waals surface area contributed by atoms with Crippen LogP contribution >= 0.6 is 0 Å². The van der Waals surface area contributed by atoms with Crippen molar-refractivity contribution in [3.8, 4) is 0 Å². The van der Waals surface area contributed by atoms with Gasteiger partial charge < -0.3 is 10.4 Å². The molecule has 0 aromatic heterocycles. The summed E-state index contributed by atoms with van der Waals surface area (Å²) >= 11 is 0. The zero-order chi connectivity index (χ0) is 15.3. The Bertz CT molecular complexity index is 543. The van der Waals surface area contributed by atoms with Crippen molar-refractivity contribution < 1.29 is 13.5 Å². The van der Waals surface area contributed by atoms with E-state index < -0.39 is 10.0 Å². The van der Waals surface area contributed by atoms with Gasteiger partial charge in [-0.05, 0) is 43.5 Å². The summed E-state index contributed by atoms with van der Waals surface area (Å²) in [7, 11) is -3.49. The maximum atomic E-state index is 12.6. The minimum atomic E-state index is -3.49. The van der Waals surface area contributed by atoms with E-state index in [1.807, 2.05) is 12.1 Å². The smallest absolute Gasteiger partial charge is 0.243 e. The van der Waals surface area contributed by atoms with Gasteiger partial charge in [-0.15, -0.1) is 0 Å². The molecule has 0 saturated carbocycles. The molecule has 1 fully saturated rings. The molecule has 1 unspecified atom stereocenters. The molecule has 0 radical (unpaired) electrons. The van der Waals surface area contributed by atoms with E-state index in [0.717, 1.165) is 37.9 Å². The standard InChI is InChI=1S/C15H24N2O3S/c1-2-9-16-11-13-5-7-15(8-6-13)21(19,20)17-10-3-4-14(17)12-18/h5-8,14,16,18H,2-4,9-12H2,1H3. The lowest BCUT2D eigenvalue weighted by Gasteiger charge is -2.22. The maximum absolute atomic E-state index is 12.6. The van der Waals surface area contributed by atoms with Crippen LogP contribution in [0.15, 0.2) is 29.2 Å². The van der Waals surface area contributed by atoms with E-state index in [-0.39, 0.29) is 12.6 Å². The van der Waals surface area contributed by atoms with Crippen molar-refractivity contribution in [3.63, 3.8) is 0 Å². The van der Waals surface area contributed by atoms with Gasteiger partial charge in [-0.2, -0.15) is 4.31 Å². The van der Waals surface area contributed by atoms with Crippen LogP contribution in [0.5, 0.6) is 0 Å². The van der Waals surface area contributed by atoms with E-state index in [1.165, 1.54) is 4.31 Å². The van der Waals surface area contributed by atoms with Crippen LogP contribution < -0.4 is 5.32 Å². The first-order valence-electron chi connectivity index (χ1n) is 7.52. The Kier molecular flexibility index (Phi) is 5.75. The van der Waals surface area contributed by atoms with Gasteiger partial charge in [-0.3, -0.25) is 0 Å². The molecule has 0 bridgehead atoms. The normalized spacial score (nSPS) is 20.0. The van der Waals surface area contributed by atoms with Crippen molar-refractivity contribution >= 4 is 10.0 Å². The highest BCUT2D eigenvalue weighted by atomic mass is 32.2. The maximum Gasteiger partial charge on any atom is 0.243 e. The highest BCUT2D eigenvalue weighted by molar-refractivity contribution is 7.89. The van der Waals surface area contributed by atoms with E-state index in [2.05, 4.69) is 12.2 Å². The third-order valence-corrected chi connectivity index (χ3v) is 5.79. The molecule has 1 atom stereocenters. The first kappa shape index (κ1) is 16.4. The summed E-state index contributed by atoms with van der Waals surface area (Å²) in [4.78, 5) is 0.307. The monoisotopic (exact) mass is 312 g/mol. The largest absolute Gasteiger partial charge is 0.395 e. The summed E-state index contributed by atoms with van der Waals surface area (Å²) in [6, 6.07) is 6.73. The molecule has 5 nitrogen and oxygen atoms in total. The molecule has 118 valence electrons. The number of aliphatic hydroxyl groups excluding tert-OH is 1. The molecule has 1 aliphatic heterocycles. The summed E-state index contributed by atoms with van der Waals surface area (Å²) in [5, 5.41) is 12.6. The summed E-state index contributed by atoms with van der Waals surface area (Å²) in [6.45, 7) is 4.19. The van der Waals surface area contributed by atoms with Gasteiger partial charge in [0, 0.05) is 19.1 Å². The lowest BCUT2D eigenvalue weighted by Crippen LogP contribution is -2.37. The number of nitrogens with one attached hydrogen (secondary N) is 1. The van der Waals surface area contributed by atoms with E-state index in [4.69, 9.17) is 0 Å². The van der Waals surface area contributed by atoms with Crippen molar-refractivity contribution in [3.05, 3.63) is 29.8 Å². The van der Waals surface area contributed by atoms with Crippen LogP contribution in [0.2, 0.25) is 0 Å². The molecular weight excluding hydrogens is 288 g/mol.